The number of unbranched alkanes of at least 4 members (excludes halogenated alkanes) is 47. The second-order valence-electron chi connectivity index (χ2n) is 27.5. The summed E-state index contributed by atoms with van der Waals surface area (Å²) in [6.45, 7) is 7.26. The molecular formula is C75H146O17P2. The summed E-state index contributed by atoms with van der Waals surface area (Å²) in [5.74, 6) is -1.36. The highest BCUT2D eigenvalue weighted by Gasteiger charge is 2.30. The molecule has 0 saturated carbocycles. The molecule has 0 spiro atoms. The van der Waals surface area contributed by atoms with Gasteiger partial charge in [-0.15, -0.1) is 0 Å². The number of aliphatic hydroxyl groups is 1. The molecule has 0 amide bonds. The lowest BCUT2D eigenvalue weighted by Crippen LogP contribution is -2.30. The van der Waals surface area contributed by atoms with Crippen LogP contribution in [0, 0.1) is 5.92 Å². The summed E-state index contributed by atoms with van der Waals surface area (Å²) in [5, 5.41) is 10.6. The van der Waals surface area contributed by atoms with Gasteiger partial charge in [-0.25, -0.2) is 9.13 Å². The number of hydrogen-bond donors (Lipinski definition) is 3. The van der Waals surface area contributed by atoms with Crippen molar-refractivity contribution in [1.29, 1.82) is 0 Å². The number of hydrogen-bond acceptors (Lipinski definition) is 15. The minimum atomic E-state index is -4.95. The number of esters is 4. The Balaban J connectivity index is 5.18. The zero-order valence-corrected chi connectivity index (χ0v) is 62.9. The molecule has 19 heteroatoms. The highest BCUT2D eigenvalue weighted by atomic mass is 31.2. The molecule has 2 unspecified atom stereocenters. The van der Waals surface area contributed by atoms with Crippen molar-refractivity contribution in [2.75, 3.05) is 39.6 Å². The van der Waals surface area contributed by atoms with Crippen LogP contribution in [0.4, 0.5) is 0 Å². The van der Waals surface area contributed by atoms with Crippen LogP contribution < -0.4 is 0 Å². The number of rotatable bonds is 75. The molecule has 0 radical (unpaired) electrons. The quantitative estimate of drug-likeness (QED) is 0.0222. The lowest BCUT2D eigenvalue weighted by atomic mass is 10.0. The van der Waals surface area contributed by atoms with Crippen molar-refractivity contribution in [2.24, 2.45) is 5.92 Å². The summed E-state index contributed by atoms with van der Waals surface area (Å²) >= 11 is 0. The Morgan fingerprint density at radius 2 is 0.489 bits per heavy atom. The average molecular weight is 1380 g/mol. The Morgan fingerprint density at radius 1 is 0.287 bits per heavy atom. The van der Waals surface area contributed by atoms with Crippen molar-refractivity contribution in [3.05, 3.63) is 0 Å². The van der Waals surface area contributed by atoms with Crippen molar-refractivity contribution >= 4 is 39.5 Å². The molecule has 3 N–H and O–H groups in total. The van der Waals surface area contributed by atoms with E-state index in [-0.39, 0.29) is 25.7 Å². The first-order valence-electron chi connectivity index (χ1n) is 39.1. The maximum Gasteiger partial charge on any atom is 0.472 e. The summed E-state index contributed by atoms with van der Waals surface area (Å²) in [6.07, 6.45) is 57.0. The van der Waals surface area contributed by atoms with E-state index in [4.69, 9.17) is 37.0 Å². The van der Waals surface area contributed by atoms with Gasteiger partial charge in [0.05, 0.1) is 26.4 Å². The van der Waals surface area contributed by atoms with Gasteiger partial charge >= 0.3 is 39.5 Å². The van der Waals surface area contributed by atoms with Crippen LogP contribution in [0.2, 0.25) is 0 Å². The fraction of sp³-hybridized carbons (Fsp3) is 0.947. The molecule has 0 aliphatic carbocycles. The third kappa shape index (κ3) is 68.6. The number of phosphoric acid groups is 2. The molecule has 94 heavy (non-hydrogen) atoms. The first kappa shape index (κ1) is 92.1. The van der Waals surface area contributed by atoms with Gasteiger partial charge in [-0.2, -0.15) is 0 Å². The minimum Gasteiger partial charge on any atom is -0.462 e. The first-order valence-corrected chi connectivity index (χ1v) is 42.1. The average Bonchev–Trinajstić information content (AvgIpc) is 1.72. The summed E-state index contributed by atoms with van der Waals surface area (Å²) in [6, 6.07) is 0. The summed E-state index contributed by atoms with van der Waals surface area (Å²) < 4.78 is 68.4. The Hall–Kier alpha value is -1.94. The summed E-state index contributed by atoms with van der Waals surface area (Å²) in [7, 11) is -9.90. The smallest absolute Gasteiger partial charge is 0.462 e. The van der Waals surface area contributed by atoms with E-state index in [1.807, 2.05) is 0 Å². The largest absolute Gasteiger partial charge is 0.472 e. The second kappa shape index (κ2) is 68.2. The van der Waals surface area contributed by atoms with E-state index >= 15 is 0 Å². The van der Waals surface area contributed by atoms with Gasteiger partial charge in [-0.05, 0) is 31.6 Å². The molecule has 17 nitrogen and oxygen atoms in total. The zero-order valence-electron chi connectivity index (χ0n) is 61.1. The number of ether oxygens (including phenoxy) is 4. The van der Waals surface area contributed by atoms with E-state index in [9.17, 15) is 43.2 Å². The van der Waals surface area contributed by atoms with Crippen LogP contribution in [0.25, 0.3) is 0 Å². The molecule has 5 atom stereocenters. The molecule has 0 fully saturated rings. The molecule has 0 aromatic rings. The van der Waals surface area contributed by atoms with Crippen molar-refractivity contribution < 1.29 is 80.2 Å². The normalized spacial score (nSPS) is 14.0. The van der Waals surface area contributed by atoms with Gasteiger partial charge in [0.2, 0.25) is 0 Å². The van der Waals surface area contributed by atoms with E-state index in [0.717, 1.165) is 95.8 Å². The molecule has 0 aromatic carbocycles. The number of phosphoric ester groups is 2. The van der Waals surface area contributed by atoms with Crippen molar-refractivity contribution in [3.63, 3.8) is 0 Å². The van der Waals surface area contributed by atoms with Crippen molar-refractivity contribution in [1.82, 2.24) is 0 Å². The van der Waals surface area contributed by atoms with E-state index in [1.54, 1.807) is 0 Å². The lowest BCUT2D eigenvalue weighted by Gasteiger charge is -2.21. The topological polar surface area (TPSA) is 237 Å². The first-order chi connectivity index (χ1) is 45.5. The third-order valence-electron chi connectivity index (χ3n) is 17.5. The molecule has 0 rings (SSSR count). The van der Waals surface area contributed by atoms with Crippen LogP contribution in [0.3, 0.4) is 0 Å². The molecule has 0 bridgehead atoms. The van der Waals surface area contributed by atoms with Gasteiger partial charge < -0.3 is 33.8 Å². The van der Waals surface area contributed by atoms with Gasteiger partial charge in [0.25, 0.3) is 0 Å². The molecule has 0 aliphatic heterocycles. The molecule has 0 saturated heterocycles. The molecule has 558 valence electrons. The van der Waals surface area contributed by atoms with Gasteiger partial charge in [0, 0.05) is 25.7 Å². The fourth-order valence-corrected chi connectivity index (χ4v) is 13.1. The second-order valence-corrected chi connectivity index (χ2v) is 30.4. The monoisotopic (exact) mass is 1380 g/mol. The Labute approximate surface area is 575 Å². The number of carbonyl (C=O) groups excluding carboxylic acids is 4. The molecular weight excluding hydrogens is 1230 g/mol. The van der Waals surface area contributed by atoms with E-state index in [2.05, 4.69) is 34.6 Å². The molecule has 0 aliphatic rings. The predicted molar refractivity (Wildman–Crippen MR) is 382 cm³/mol. The van der Waals surface area contributed by atoms with E-state index in [0.29, 0.717) is 25.7 Å². The number of carbonyl (C=O) groups is 4. The van der Waals surface area contributed by atoms with Crippen LogP contribution >= 0.6 is 15.6 Å². The Kier molecular flexibility index (Phi) is 66.8. The number of aliphatic hydroxyl groups excluding tert-OH is 1. The minimum absolute atomic E-state index is 0.107. The lowest BCUT2D eigenvalue weighted by molar-refractivity contribution is -0.161. The van der Waals surface area contributed by atoms with E-state index in [1.165, 1.54) is 218 Å². The van der Waals surface area contributed by atoms with E-state index < -0.39 is 97.5 Å². The van der Waals surface area contributed by atoms with Crippen LogP contribution in [0.5, 0.6) is 0 Å². The molecule has 0 aromatic heterocycles. The summed E-state index contributed by atoms with van der Waals surface area (Å²) in [5.41, 5.74) is 0. The maximum atomic E-state index is 13.1. The van der Waals surface area contributed by atoms with Crippen molar-refractivity contribution in [3.8, 4) is 0 Å². The Morgan fingerprint density at radius 3 is 0.723 bits per heavy atom. The van der Waals surface area contributed by atoms with Gasteiger partial charge in [0.1, 0.15) is 19.3 Å². The zero-order chi connectivity index (χ0) is 69.1. The maximum absolute atomic E-state index is 13.1. The van der Waals surface area contributed by atoms with Gasteiger partial charge in [-0.1, -0.05) is 343 Å². The van der Waals surface area contributed by atoms with Crippen molar-refractivity contribution in [2.45, 2.75) is 412 Å². The predicted octanol–water partition coefficient (Wildman–Crippen LogP) is 22.1. The highest BCUT2D eigenvalue weighted by Crippen LogP contribution is 2.45. The van der Waals surface area contributed by atoms with Crippen LogP contribution in [-0.4, -0.2) is 96.7 Å². The summed E-state index contributed by atoms with van der Waals surface area (Å²) in [4.78, 5) is 72.7. The highest BCUT2D eigenvalue weighted by molar-refractivity contribution is 7.47. The third-order valence-corrected chi connectivity index (χ3v) is 19.4. The van der Waals surface area contributed by atoms with Crippen LogP contribution in [-0.2, 0) is 65.4 Å². The standard InChI is InChI=1S/C75H146O17P2/c1-6-9-12-15-18-21-24-25-26-27-28-29-30-31-32-33-34-41-46-51-56-61-75(80)92-71(65-86-73(78)59-54-49-44-40-36-35-37-42-47-52-57-68(4)5)67-90-94(83,84)88-63-69(76)62-87-93(81,82)89-66-70(91-74(79)60-55-50-45-39-23-20-17-14-11-8-3)64-85-72(77)58-53-48-43-38-22-19-16-13-10-7-2/h68-71,76H,6-67H2,1-5H3,(H,81,82)(H,83,84)/t69-,70+,71+/m0/s1. The van der Waals surface area contributed by atoms with Crippen LogP contribution in [0.15, 0.2) is 0 Å². The van der Waals surface area contributed by atoms with Crippen LogP contribution in [0.1, 0.15) is 394 Å². The molecule has 0 heterocycles. The SMILES string of the molecule is CCCCCCCCCCCCCCCCCCCCCCCC(=O)O[C@H](COC(=O)CCCCCCCCCCCCC(C)C)COP(=O)(O)OC[C@@H](O)COP(=O)(O)OC[C@@H](COC(=O)CCCCCCCCCCCC)OC(=O)CCCCCCCCCCCC. The fourth-order valence-electron chi connectivity index (χ4n) is 11.5. The van der Waals surface area contributed by atoms with Gasteiger partial charge in [-0.3, -0.25) is 37.3 Å². The van der Waals surface area contributed by atoms with Gasteiger partial charge in [0.15, 0.2) is 12.2 Å². The Bertz CT molecular complexity index is 1810.